The molecule has 3 nitrogen and oxygen atoms in total. The number of para-hydroxylation sites is 1. The molecule has 0 bridgehead atoms. The third-order valence-corrected chi connectivity index (χ3v) is 3.40. The van der Waals surface area contributed by atoms with Crippen LogP contribution in [0, 0.1) is 6.92 Å². The van der Waals surface area contributed by atoms with Gasteiger partial charge in [0.05, 0.1) is 7.11 Å². The van der Waals surface area contributed by atoms with Crippen LogP contribution in [-0.2, 0) is 4.79 Å². The van der Waals surface area contributed by atoms with Crippen LogP contribution in [-0.4, -0.2) is 13.0 Å². The number of carbonyl (C=O) groups excluding carboxylic acids is 1. The van der Waals surface area contributed by atoms with E-state index >= 15 is 0 Å². The van der Waals surface area contributed by atoms with E-state index in [2.05, 4.69) is 5.32 Å². The second-order valence-electron chi connectivity index (χ2n) is 4.53. The molecule has 0 aliphatic carbocycles. The van der Waals surface area contributed by atoms with E-state index in [1.807, 2.05) is 43.3 Å². The summed E-state index contributed by atoms with van der Waals surface area (Å²) in [7, 11) is 1.60. The van der Waals surface area contributed by atoms with Gasteiger partial charge in [0.15, 0.2) is 0 Å². The average Bonchev–Trinajstić information content (AvgIpc) is 2.49. The number of hydrogen-bond acceptors (Lipinski definition) is 2. The number of ether oxygens (including phenoxy) is 1. The van der Waals surface area contributed by atoms with Crippen LogP contribution in [0.5, 0.6) is 5.75 Å². The average molecular weight is 302 g/mol. The molecule has 108 valence electrons. The number of amides is 1. The summed E-state index contributed by atoms with van der Waals surface area (Å²) < 4.78 is 5.22. The first-order valence-corrected chi connectivity index (χ1v) is 6.86. The minimum Gasteiger partial charge on any atom is -0.496 e. The molecule has 1 N–H and O–H groups in total. The van der Waals surface area contributed by atoms with Crippen molar-refractivity contribution in [3.8, 4) is 5.75 Å². The summed E-state index contributed by atoms with van der Waals surface area (Å²) in [6, 6.07) is 12.9. The molecule has 0 heterocycles. The number of methoxy groups -OCH3 is 1. The van der Waals surface area contributed by atoms with Crippen molar-refractivity contribution in [1.82, 2.24) is 0 Å². The van der Waals surface area contributed by atoms with Crippen LogP contribution in [0.4, 0.5) is 5.69 Å². The molecule has 0 aliphatic heterocycles. The fourth-order valence-electron chi connectivity index (χ4n) is 1.82. The minimum atomic E-state index is -0.221. The molecular weight excluding hydrogens is 286 g/mol. The molecule has 2 aromatic rings. The highest BCUT2D eigenvalue weighted by Gasteiger charge is 2.02. The zero-order chi connectivity index (χ0) is 15.2. The molecule has 0 unspecified atom stereocenters. The number of hydrogen-bond donors (Lipinski definition) is 1. The third kappa shape index (κ3) is 4.10. The van der Waals surface area contributed by atoms with E-state index < -0.39 is 0 Å². The van der Waals surface area contributed by atoms with Crippen LogP contribution in [0.15, 0.2) is 48.5 Å². The number of carbonyl (C=O) groups is 1. The lowest BCUT2D eigenvalue weighted by Crippen LogP contribution is -2.07. The molecule has 0 radical (unpaired) electrons. The molecule has 0 saturated carbocycles. The van der Waals surface area contributed by atoms with E-state index in [-0.39, 0.29) is 5.91 Å². The van der Waals surface area contributed by atoms with E-state index in [1.54, 1.807) is 19.3 Å². The standard InChI is InChI=1S/C17H16ClNO2/c1-12-7-9-14(11-15(12)18)19-17(20)10-8-13-5-3-4-6-16(13)21-2/h3-11H,1-2H3,(H,19,20)/b10-8+. The Kier molecular flexibility index (Phi) is 5.01. The van der Waals surface area contributed by atoms with Crippen molar-refractivity contribution in [3.63, 3.8) is 0 Å². The fourth-order valence-corrected chi connectivity index (χ4v) is 2.00. The summed E-state index contributed by atoms with van der Waals surface area (Å²) in [5.41, 5.74) is 2.48. The largest absolute Gasteiger partial charge is 0.496 e. The summed E-state index contributed by atoms with van der Waals surface area (Å²) >= 11 is 6.02. The molecule has 2 aromatic carbocycles. The van der Waals surface area contributed by atoms with E-state index in [1.165, 1.54) is 6.08 Å². The summed E-state index contributed by atoms with van der Waals surface area (Å²) in [5, 5.41) is 3.39. The van der Waals surface area contributed by atoms with Crippen LogP contribution < -0.4 is 10.1 Å². The van der Waals surface area contributed by atoms with Crippen LogP contribution >= 0.6 is 11.6 Å². The Hall–Kier alpha value is -2.26. The molecule has 2 rings (SSSR count). The second kappa shape index (κ2) is 6.95. The molecule has 21 heavy (non-hydrogen) atoms. The molecule has 0 aliphatic rings. The maximum atomic E-state index is 11.9. The van der Waals surface area contributed by atoms with Gasteiger partial charge in [-0.25, -0.2) is 0 Å². The molecule has 0 saturated heterocycles. The normalized spacial score (nSPS) is 10.6. The fraction of sp³-hybridized carbons (Fsp3) is 0.118. The quantitative estimate of drug-likeness (QED) is 0.855. The van der Waals surface area contributed by atoms with Gasteiger partial charge in [-0.1, -0.05) is 35.9 Å². The first kappa shape index (κ1) is 15.1. The van der Waals surface area contributed by atoms with Gasteiger partial charge >= 0.3 is 0 Å². The van der Waals surface area contributed by atoms with E-state index in [4.69, 9.17) is 16.3 Å². The molecule has 0 spiro atoms. The Morgan fingerprint density at radius 1 is 1.24 bits per heavy atom. The Labute approximate surface area is 129 Å². The lowest BCUT2D eigenvalue weighted by molar-refractivity contribution is -0.111. The van der Waals surface area contributed by atoms with Gasteiger partial charge in [0, 0.05) is 22.3 Å². The minimum absolute atomic E-state index is 0.221. The lowest BCUT2D eigenvalue weighted by Gasteiger charge is -2.05. The molecule has 0 aromatic heterocycles. The molecule has 0 fully saturated rings. The Balaban J connectivity index is 2.07. The van der Waals surface area contributed by atoms with Gasteiger partial charge in [0.1, 0.15) is 5.75 Å². The van der Waals surface area contributed by atoms with Crippen molar-refractivity contribution in [1.29, 1.82) is 0 Å². The maximum absolute atomic E-state index is 11.9. The van der Waals surface area contributed by atoms with Crippen LogP contribution in [0.25, 0.3) is 6.08 Å². The number of nitrogens with one attached hydrogen (secondary N) is 1. The van der Waals surface area contributed by atoms with Crippen molar-refractivity contribution in [2.45, 2.75) is 6.92 Å². The van der Waals surface area contributed by atoms with Gasteiger partial charge in [0.25, 0.3) is 0 Å². The SMILES string of the molecule is COc1ccccc1/C=C/C(=O)Nc1ccc(C)c(Cl)c1. The summed E-state index contributed by atoms with van der Waals surface area (Å²) in [5.74, 6) is 0.501. The summed E-state index contributed by atoms with van der Waals surface area (Å²) in [6.07, 6.45) is 3.18. The maximum Gasteiger partial charge on any atom is 0.248 e. The lowest BCUT2D eigenvalue weighted by atomic mass is 10.2. The monoisotopic (exact) mass is 301 g/mol. The van der Waals surface area contributed by atoms with Crippen molar-refractivity contribution in [2.75, 3.05) is 12.4 Å². The predicted molar refractivity (Wildman–Crippen MR) is 86.8 cm³/mol. The third-order valence-electron chi connectivity index (χ3n) is 2.99. The topological polar surface area (TPSA) is 38.3 Å². The smallest absolute Gasteiger partial charge is 0.248 e. The highest BCUT2D eigenvalue weighted by Crippen LogP contribution is 2.21. The number of halogens is 1. The Bertz CT molecular complexity index is 680. The number of aryl methyl sites for hydroxylation is 1. The van der Waals surface area contributed by atoms with Crippen molar-refractivity contribution < 1.29 is 9.53 Å². The second-order valence-corrected chi connectivity index (χ2v) is 4.94. The predicted octanol–water partition coefficient (Wildman–Crippen LogP) is 4.31. The molecule has 1 amide bonds. The van der Waals surface area contributed by atoms with Crippen LogP contribution in [0.3, 0.4) is 0 Å². The molecule has 4 heteroatoms. The zero-order valence-corrected chi connectivity index (χ0v) is 12.6. The first-order chi connectivity index (χ1) is 10.1. The number of anilines is 1. The van der Waals surface area contributed by atoms with Crippen molar-refractivity contribution in [2.24, 2.45) is 0 Å². The zero-order valence-electron chi connectivity index (χ0n) is 11.9. The van der Waals surface area contributed by atoms with Gasteiger partial charge in [-0.2, -0.15) is 0 Å². The van der Waals surface area contributed by atoms with E-state index in [0.717, 1.165) is 16.9 Å². The first-order valence-electron chi connectivity index (χ1n) is 6.48. The number of rotatable bonds is 4. The highest BCUT2D eigenvalue weighted by atomic mass is 35.5. The van der Waals surface area contributed by atoms with Crippen molar-refractivity contribution >= 4 is 29.3 Å². The van der Waals surface area contributed by atoms with Gasteiger partial charge in [-0.05, 0) is 36.8 Å². The van der Waals surface area contributed by atoms with Gasteiger partial charge in [0.2, 0.25) is 5.91 Å². The van der Waals surface area contributed by atoms with E-state index in [9.17, 15) is 4.79 Å². The number of benzene rings is 2. The summed E-state index contributed by atoms with van der Waals surface area (Å²) in [4.78, 5) is 11.9. The van der Waals surface area contributed by atoms with Crippen molar-refractivity contribution in [3.05, 3.63) is 64.7 Å². The summed E-state index contributed by atoms with van der Waals surface area (Å²) in [6.45, 7) is 1.91. The highest BCUT2D eigenvalue weighted by molar-refractivity contribution is 6.31. The molecular formula is C17H16ClNO2. The Morgan fingerprint density at radius 2 is 2.00 bits per heavy atom. The van der Waals surface area contributed by atoms with Crippen LogP contribution in [0.1, 0.15) is 11.1 Å². The van der Waals surface area contributed by atoms with Gasteiger partial charge in [-0.3, -0.25) is 4.79 Å². The molecule has 0 atom stereocenters. The van der Waals surface area contributed by atoms with Gasteiger partial charge < -0.3 is 10.1 Å². The van der Waals surface area contributed by atoms with E-state index in [0.29, 0.717) is 10.7 Å². The Morgan fingerprint density at radius 3 is 2.71 bits per heavy atom. The van der Waals surface area contributed by atoms with Gasteiger partial charge in [-0.15, -0.1) is 0 Å². The van der Waals surface area contributed by atoms with Crippen LogP contribution in [0.2, 0.25) is 5.02 Å².